The molecule has 0 aliphatic heterocycles. The normalized spacial score (nSPS) is 17.3. The lowest BCUT2D eigenvalue weighted by Gasteiger charge is -2.28. The molecule has 1 saturated carbocycles. The van der Waals surface area contributed by atoms with Crippen LogP contribution in [-0.2, 0) is 15.3 Å². The van der Waals surface area contributed by atoms with E-state index in [2.05, 4.69) is 5.32 Å². The predicted octanol–water partition coefficient (Wildman–Crippen LogP) is 3.65. The van der Waals surface area contributed by atoms with E-state index in [1.54, 1.807) is 0 Å². The molecule has 0 heterocycles. The molecule has 1 N–H and O–H groups in total. The summed E-state index contributed by atoms with van der Waals surface area (Å²) in [5.41, 5.74) is 0.683. The van der Waals surface area contributed by atoms with Crippen LogP contribution in [0.25, 0.3) is 0 Å². The van der Waals surface area contributed by atoms with Gasteiger partial charge in [0.05, 0.1) is 7.11 Å². The van der Waals surface area contributed by atoms with Crippen molar-refractivity contribution in [2.45, 2.75) is 43.5 Å². The molecule has 1 aromatic carbocycles. The summed E-state index contributed by atoms with van der Waals surface area (Å²) in [6.45, 7) is 1.94. The van der Waals surface area contributed by atoms with E-state index in [0.29, 0.717) is 6.04 Å². The summed E-state index contributed by atoms with van der Waals surface area (Å²) in [6, 6.07) is 8.37. The zero-order valence-corrected chi connectivity index (χ0v) is 14.1. The lowest BCUT2D eigenvalue weighted by molar-refractivity contribution is -0.148. The molecule has 0 bridgehead atoms. The zero-order chi connectivity index (χ0) is 15.3. The first-order valence-electron chi connectivity index (χ1n) is 7.22. The molecule has 3 nitrogen and oxygen atoms in total. The highest BCUT2D eigenvalue weighted by molar-refractivity contribution is 7.98. The Hall–Kier alpha value is -0.710. The summed E-state index contributed by atoms with van der Waals surface area (Å²) in [4.78, 5) is 12.0. The minimum atomic E-state index is -0.567. The third-order valence-corrected chi connectivity index (χ3v) is 4.95. The fourth-order valence-electron chi connectivity index (χ4n) is 2.18. The molecule has 0 spiro atoms. The van der Waals surface area contributed by atoms with E-state index in [4.69, 9.17) is 16.3 Å². The highest BCUT2D eigenvalue weighted by Gasteiger charge is 2.38. The highest BCUT2D eigenvalue weighted by Crippen LogP contribution is 2.26. The molecule has 0 aromatic heterocycles. The lowest BCUT2D eigenvalue weighted by atomic mass is 9.99. The Morgan fingerprint density at radius 2 is 2.10 bits per heavy atom. The van der Waals surface area contributed by atoms with Crippen molar-refractivity contribution in [2.24, 2.45) is 0 Å². The molecule has 1 unspecified atom stereocenters. The van der Waals surface area contributed by atoms with E-state index < -0.39 is 5.54 Å². The highest BCUT2D eigenvalue weighted by atomic mass is 35.5. The van der Waals surface area contributed by atoms with E-state index in [1.165, 1.54) is 12.7 Å². The van der Waals surface area contributed by atoms with Crippen molar-refractivity contribution >= 4 is 29.3 Å². The fraction of sp³-hybridized carbons (Fsp3) is 0.562. The van der Waals surface area contributed by atoms with E-state index in [9.17, 15) is 4.79 Å². The Morgan fingerprint density at radius 1 is 1.43 bits per heavy atom. The van der Waals surface area contributed by atoms with Crippen LogP contribution < -0.4 is 5.32 Å². The van der Waals surface area contributed by atoms with E-state index >= 15 is 0 Å². The molecule has 116 valence electrons. The SMILES string of the molecule is COC(=O)C(C)(CCSCc1ccc(Cl)cc1)NC1CC1. The maximum atomic E-state index is 12.0. The van der Waals surface area contributed by atoms with E-state index in [-0.39, 0.29) is 5.97 Å². The Labute approximate surface area is 135 Å². The van der Waals surface area contributed by atoms with E-state index in [0.717, 1.165) is 35.8 Å². The first kappa shape index (κ1) is 16.7. The molecule has 1 atom stereocenters. The van der Waals surface area contributed by atoms with Gasteiger partial charge in [0.1, 0.15) is 5.54 Å². The second-order valence-corrected chi connectivity index (χ2v) is 7.21. The third-order valence-electron chi connectivity index (χ3n) is 3.66. The van der Waals surface area contributed by atoms with Gasteiger partial charge in [0.25, 0.3) is 0 Å². The van der Waals surface area contributed by atoms with Gasteiger partial charge in [0.15, 0.2) is 0 Å². The first-order chi connectivity index (χ1) is 10.0. The largest absolute Gasteiger partial charge is 0.468 e. The second kappa shape index (κ2) is 7.52. The number of ether oxygens (including phenoxy) is 1. The molecular formula is C16H22ClNO2S. The van der Waals surface area contributed by atoms with Crippen LogP contribution in [0.3, 0.4) is 0 Å². The molecule has 5 heteroatoms. The topological polar surface area (TPSA) is 38.3 Å². The monoisotopic (exact) mass is 327 g/mol. The number of esters is 1. The number of halogens is 1. The van der Waals surface area contributed by atoms with Crippen molar-refractivity contribution in [3.05, 3.63) is 34.9 Å². The summed E-state index contributed by atoms with van der Waals surface area (Å²) >= 11 is 7.70. The standard InChI is InChI=1S/C16H22ClNO2S/c1-16(15(19)20-2,18-14-7-8-14)9-10-21-11-12-3-5-13(17)6-4-12/h3-6,14,18H,7-11H2,1-2H3. The Kier molecular flexibility index (Phi) is 5.97. The van der Waals surface area contributed by atoms with Crippen molar-refractivity contribution in [2.75, 3.05) is 12.9 Å². The first-order valence-corrected chi connectivity index (χ1v) is 8.75. The summed E-state index contributed by atoms with van der Waals surface area (Å²) in [5.74, 6) is 1.67. The summed E-state index contributed by atoms with van der Waals surface area (Å²) in [6.07, 6.45) is 3.09. The van der Waals surface area contributed by atoms with Crippen molar-refractivity contribution in [3.63, 3.8) is 0 Å². The maximum absolute atomic E-state index is 12.0. The Balaban J connectivity index is 1.78. The number of thioether (sulfide) groups is 1. The number of benzene rings is 1. The van der Waals surface area contributed by atoms with Gasteiger partial charge in [0.2, 0.25) is 0 Å². The summed E-state index contributed by atoms with van der Waals surface area (Å²) < 4.78 is 4.95. The van der Waals surface area contributed by atoms with Gasteiger partial charge >= 0.3 is 5.97 Å². The van der Waals surface area contributed by atoms with Crippen LogP contribution in [-0.4, -0.2) is 30.4 Å². The number of carbonyl (C=O) groups excluding carboxylic acids is 1. The average Bonchev–Trinajstić information content (AvgIpc) is 3.28. The minimum absolute atomic E-state index is 0.165. The molecule has 0 saturated heterocycles. The number of carbonyl (C=O) groups is 1. The van der Waals surface area contributed by atoms with Gasteiger partial charge in [-0.2, -0.15) is 11.8 Å². The number of nitrogens with one attached hydrogen (secondary N) is 1. The Bertz CT molecular complexity index is 476. The van der Waals surface area contributed by atoms with Crippen molar-refractivity contribution < 1.29 is 9.53 Å². The fourth-order valence-corrected chi connectivity index (χ4v) is 3.43. The van der Waals surface area contributed by atoms with Crippen LogP contribution >= 0.6 is 23.4 Å². The van der Waals surface area contributed by atoms with Crippen LogP contribution in [0.15, 0.2) is 24.3 Å². The molecule has 0 amide bonds. The quantitative estimate of drug-likeness (QED) is 0.584. The van der Waals surface area contributed by atoms with Crippen molar-refractivity contribution in [3.8, 4) is 0 Å². The predicted molar refractivity (Wildman–Crippen MR) is 88.8 cm³/mol. The number of rotatable bonds is 8. The second-order valence-electron chi connectivity index (χ2n) is 5.67. The van der Waals surface area contributed by atoms with Gasteiger partial charge in [0, 0.05) is 16.8 Å². The van der Waals surface area contributed by atoms with Gasteiger partial charge in [-0.15, -0.1) is 0 Å². The lowest BCUT2D eigenvalue weighted by Crippen LogP contribution is -2.51. The molecule has 2 rings (SSSR count). The minimum Gasteiger partial charge on any atom is -0.468 e. The Morgan fingerprint density at radius 3 is 2.67 bits per heavy atom. The van der Waals surface area contributed by atoms with Crippen molar-refractivity contribution in [1.29, 1.82) is 0 Å². The third kappa shape index (κ3) is 5.20. The maximum Gasteiger partial charge on any atom is 0.325 e. The molecule has 1 aliphatic carbocycles. The number of hydrogen-bond donors (Lipinski definition) is 1. The van der Waals surface area contributed by atoms with E-state index in [1.807, 2.05) is 43.0 Å². The molecule has 1 fully saturated rings. The van der Waals surface area contributed by atoms with Gasteiger partial charge in [-0.1, -0.05) is 23.7 Å². The number of methoxy groups -OCH3 is 1. The average molecular weight is 328 g/mol. The molecular weight excluding hydrogens is 306 g/mol. The zero-order valence-electron chi connectivity index (χ0n) is 12.5. The van der Waals surface area contributed by atoms with Crippen molar-refractivity contribution in [1.82, 2.24) is 5.32 Å². The van der Waals surface area contributed by atoms with Crippen LogP contribution in [0.4, 0.5) is 0 Å². The van der Waals surface area contributed by atoms with Gasteiger partial charge in [-0.05, 0) is 49.6 Å². The molecule has 21 heavy (non-hydrogen) atoms. The van der Waals surface area contributed by atoms with Crippen LogP contribution in [0, 0.1) is 0 Å². The van der Waals surface area contributed by atoms with Gasteiger partial charge in [-0.25, -0.2) is 0 Å². The smallest absolute Gasteiger partial charge is 0.325 e. The van der Waals surface area contributed by atoms with Crippen LogP contribution in [0.1, 0.15) is 31.7 Å². The summed E-state index contributed by atoms with van der Waals surface area (Å²) in [7, 11) is 1.45. The van der Waals surface area contributed by atoms with Crippen LogP contribution in [0.5, 0.6) is 0 Å². The molecule has 1 aliphatic rings. The molecule has 0 radical (unpaired) electrons. The molecule has 1 aromatic rings. The summed E-state index contributed by atoms with van der Waals surface area (Å²) in [5, 5.41) is 4.18. The number of hydrogen-bond acceptors (Lipinski definition) is 4. The van der Waals surface area contributed by atoms with Gasteiger partial charge in [-0.3, -0.25) is 10.1 Å². The van der Waals surface area contributed by atoms with Gasteiger partial charge < -0.3 is 4.74 Å². The van der Waals surface area contributed by atoms with Crippen LogP contribution in [0.2, 0.25) is 5.02 Å².